The highest BCUT2D eigenvalue weighted by molar-refractivity contribution is 6.54. The largest absolute Gasteiger partial charge is 0.351 e. The molecule has 0 aliphatic heterocycles. The molecule has 0 saturated carbocycles. The third kappa shape index (κ3) is 2.66. The summed E-state index contributed by atoms with van der Waals surface area (Å²) < 4.78 is 4.32. The molecule has 0 aromatic carbocycles. The van der Waals surface area contributed by atoms with Gasteiger partial charge in [0.15, 0.2) is 0 Å². The van der Waals surface area contributed by atoms with Gasteiger partial charge in [0, 0.05) is 59.1 Å². The van der Waals surface area contributed by atoms with Gasteiger partial charge >= 0.3 is 0 Å². The van der Waals surface area contributed by atoms with Crippen LogP contribution >= 0.6 is 23.2 Å². The van der Waals surface area contributed by atoms with Gasteiger partial charge in [-0.15, -0.1) is 0 Å². The second-order valence-corrected chi connectivity index (χ2v) is 7.14. The molecule has 0 spiro atoms. The normalized spacial score (nSPS) is 19.1. The quantitative estimate of drug-likeness (QED) is 0.615. The van der Waals surface area contributed by atoms with E-state index in [1.165, 1.54) is 0 Å². The zero-order valence-electron chi connectivity index (χ0n) is 13.3. The molecule has 0 N–H and O–H groups in total. The highest BCUT2D eigenvalue weighted by Crippen LogP contribution is 2.37. The Morgan fingerprint density at radius 1 is 0.682 bits per heavy atom. The van der Waals surface area contributed by atoms with Crippen molar-refractivity contribution in [1.29, 1.82) is 0 Å². The molecular weight excluding hydrogens is 315 g/mol. The van der Waals surface area contributed by atoms with Gasteiger partial charge < -0.3 is 9.13 Å². The van der Waals surface area contributed by atoms with Crippen LogP contribution in [0.5, 0.6) is 0 Å². The SMILES string of the molecule is CC(C)n1cc2c(c1)/C(Cl)=C\c1cn(C(C)C)cc1/C(Cl)=C\2. The van der Waals surface area contributed by atoms with E-state index in [4.69, 9.17) is 23.2 Å². The van der Waals surface area contributed by atoms with E-state index < -0.39 is 0 Å². The summed E-state index contributed by atoms with van der Waals surface area (Å²) in [5.41, 5.74) is 4.17. The molecular formula is C18H20Cl2N2. The van der Waals surface area contributed by atoms with Crippen molar-refractivity contribution in [1.82, 2.24) is 9.13 Å². The Labute approximate surface area is 141 Å². The maximum absolute atomic E-state index is 6.57. The zero-order chi connectivity index (χ0) is 16.0. The van der Waals surface area contributed by atoms with E-state index in [0.717, 1.165) is 32.3 Å². The van der Waals surface area contributed by atoms with Crippen LogP contribution in [0.25, 0.3) is 22.2 Å². The van der Waals surface area contributed by atoms with Gasteiger partial charge in [0.25, 0.3) is 0 Å². The molecule has 2 aromatic heterocycles. The van der Waals surface area contributed by atoms with Crippen LogP contribution in [-0.2, 0) is 0 Å². The number of nitrogens with zero attached hydrogens (tertiary/aromatic N) is 2. The Morgan fingerprint density at radius 3 is 1.36 bits per heavy atom. The molecule has 0 unspecified atom stereocenters. The third-order valence-corrected chi connectivity index (χ3v) is 4.65. The van der Waals surface area contributed by atoms with E-state index >= 15 is 0 Å². The fourth-order valence-electron chi connectivity index (χ4n) is 2.64. The minimum Gasteiger partial charge on any atom is -0.351 e. The molecule has 0 saturated heterocycles. The second kappa shape index (κ2) is 5.68. The minimum absolute atomic E-state index is 0.388. The first kappa shape index (κ1) is 15.5. The lowest BCUT2D eigenvalue weighted by Gasteiger charge is -2.05. The molecule has 0 amide bonds. The molecule has 0 radical (unpaired) electrons. The summed E-state index contributed by atoms with van der Waals surface area (Å²) in [6.07, 6.45) is 12.4. The van der Waals surface area contributed by atoms with E-state index in [1.54, 1.807) is 0 Å². The van der Waals surface area contributed by atoms with Gasteiger partial charge in [0.2, 0.25) is 0 Å². The van der Waals surface area contributed by atoms with Crippen LogP contribution in [0.2, 0.25) is 0 Å². The smallest absolute Gasteiger partial charge is 0.0506 e. The molecule has 22 heavy (non-hydrogen) atoms. The predicted molar refractivity (Wildman–Crippen MR) is 97.1 cm³/mol. The van der Waals surface area contributed by atoms with Crippen LogP contribution in [-0.4, -0.2) is 9.13 Å². The van der Waals surface area contributed by atoms with Crippen LogP contribution in [0.15, 0.2) is 24.8 Å². The maximum atomic E-state index is 6.57. The molecule has 0 fully saturated rings. The summed E-state index contributed by atoms with van der Waals surface area (Å²) in [6.45, 7) is 8.60. The van der Waals surface area contributed by atoms with Crippen molar-refractivity contribution in [3.05, 3.63) is 47.0 Å². The number of fused-ring (bicyclic) bond motifs is 2. The topological polar surface area (TPSA) is 9.86 Å². The lowest BCUT2D eigenvalue weighted by atomic mass is 10.0. The Hall–Kier alpha value is -1.38. The monoisotopic (exact) mass is 334 g/mol. The van der Waals surface area contributed by atoms with Crippen molar-refractivity contribution in [2.45, 2.75) is 39.8 Å². The molecule has 0 atom stereocenters. The Kier molecular flexibility index (Phi) is 4.00. The van der Waals surface area contributed by atoms with E-state index in [0.29, 0.717) is 12.1 Å². The minimum atomic E-state index is 0.388. The molecule has 116 valence electrons. The van der Waals surface area contributed by atoms with Gasteiger partial charge in [-0.05, 0) is 39.8 Å². The summed E-state index contributed by atoms with van der Waals surface area (Å²) in [5, 5.41) is 1.50. The van der Waals surface area contributed by atoms with Crippen LogP contribution in [0, 0.1) is 0 Å². The zero-order valence-corrected chi connectivity index (χ0v) is 14.8. The van der Waals surface area contributed by atoms with Gasteiger partial charge in [-0.3, -0.25) is 0 Å². The van der Waals surface area contributed by atoms with E-state index in [9.17, 15) is 0 Å². The third-order valence-electron chi connectivity index (χ3n) is 4.03. The Morgan fingerprint density at radius 2 is 1.05 bits per heavy atom. The van der Waals surface area contributed by atoms with E-state index in [1.807, 2.05) is 12.2 Å². The highest BCUT2D eigenvalue weighted by atomic mass is 35.5. The fourth-order valence-corrected chi connectivity index (χ4v) is 3.19. The number of halogens is 2. The molecule has 3 rings (SSSR count). The predicted octanol–water partition coefficient (Wildman–Crippen LogP) is 6.24. The summed E-state index contributed by atoms with van der Waals surface area (Å²) >= 11 is 13.1. The summed E-state index contributed by atoms with van der Waals surface area (Å²) in [6, 6.07) is 0.776. The average Bonchev–Trinajstić information content (AvgIpc) is 3.01. The highest BCUT2D eigenvalue weighted by Gasteiger charge is 2.17. The summed E-state index contributed by atoms with van der Waals surface area (Å²) in [5.74, 6) is 0. The molecule has 1 aliphatic rings. The van der Waals surface area contributed by atoms with Crippen LogP contribution in [0.1, 0.15) is 62.0 Å². The van der Waals surface area contributed by atoms with Crippen molar-refractivity contribution >= 4 is 45.4 Å². The van der Waals surface area contributed by atoms with Crippen LogP contribution in [0.4, 0.5) is 0 Å². The second-order valence-electron chi connectivity index (χ2n) is 6.32. The Bertz CT molecular complexity index is 707. The van der Waals surface area contributed by atoms with Crippen LogP contribution in [0.3, 0.4) is 0 Å². The van der Waals surface area contributed by atoms with Gasteiger partial charge in [-0.2, -0.15) is 0 Å². The number of aromatic nitrogens is 2. The van der Waals surface area contributed by atoms with Crippen molar-refractivity contribution < 1.29 is 0 Å². The fraction of sp³-hybridized carbons (Fsp3) is 0.333. The Balaban J connectivity index is 2.18. The molecule has 1 aliphatic carbocycles. The first-order valence-corrected chi connectivity index (χ1v) is 8.30. The molecule has 2 aromatic rings. The lowest BCUT2D eigenvalue weighted by molar-refractivity contribution is 0.603. The van der Waals surface area contributed by atoms with E-state index in [-0.39, 0.29) is 0 Å². The lowest BCUT2D eigenvalue weighted by Crippen LogP contribution is -1.95. The summed E-state index contributed by atoms with van der Waals surface area (Å²) in [4.78, 5) is 0. The molecule has 4 heteroatoms. The number of hydrogen-bond donors (Lipinski definition) is 0. The average molecular weight is 335 g/mol. The van der Waals surface area contributed by atoms with Gasteiger partial charge in [0.1, 0.15) is 0 Å². The van der Waals surface area contributed by atoms with Crippen molar-refractivity contribution in [3.63, 3.8) is 0 Å². The first-order valence-electron chi connectivity index (χ1n) is 7.55. The number of rotatable bonds is 2. The molecule has 2 nitrogen and oxygen atoms in total. The van der Waals surface area contributed by atoms with Gasteiger partial charge in [0.05, 0.1) is 10.1 Å². The van der Waals surface area contributed by atoms with Crippen LogP contribution < -0.4 is 0 Å². The van der Waals surface area contributed by atoms with Crippen molar-refractivity contribution in [2.24, 2.45) is 0 Å². The maximum Gasteiger partial charge on any atom is 0.0506 e. The van der Waals surface area contributed by atoms with Gasteiger partial charge in [-0.1, -0.05) is 23.2 Å². The summed E-state index contributed by atoms with van der Waals surface area (Å²) in [7, 11) is 0. The number of hydrogen-bond acceptors (Lipinski definition) is 0. The van der Waals surface area contributed by atoms with Crippen molar-refractivity contribution in [2.75, 3.05) is 0 Å². The van der Waals surface area contributed by atoms with Gasteiger partial charge in [-0.25, -0.2) is 0 Å². The van der Waals surface area contributed by atoms with E-state index in [2.05, 4.69) is 61.6 Å². The first-order chi connectivity index (χ1) is 10.4. The molecule has 0 bridgehead atoms. The molecule has 2 heterocycles. The van der Waals surface area contributed by atoms with Crippen molar-refractivity contribution in [3.8, 4) is 0 Å². The standard InChI is InChI=1S/C18H20Cl2N2/c1-11(2)21-7-13-5-18(20)16-10-22(12(3)4)8-14(16)6-17(19)15(13)9-21/h5-12H,1-4H3/b17-6+,18-5+.